The number of hydrogen-bond donors (Lipinski definition) is 1. The minimum atomic E-state index is 0.157. The van der Waals surface area contributed by atoms with E-state index in [2.05, 4.69) is 52.2 Å². The summed E-state index contributed by atoms with van der Waals surface area (Å²) in [4.78, 5) is 21.9. The second-order valence-electron chi connectivity index (χ2n) is 6.75. The molecule has 1 saturated heterocycles. The molecule has 0 radical (unpaired) electrons. The van der Waals surface area contributed by atoms with E-state index in [1.54, 1.807) is 0 Å². The van der Waals surface area contributed by atoms with Gasteiger partial charge in [-0.1, -0.05) is 31.7 Å². The summed E-state index contributed by atoms with van der Waals surface area (Å²) in [6, 6.07) is 6.34. The van der Waals surface area contributed by atoms with Gasteiger partial charge >= 0.3 is 0 Å². The van der Waals surface area contributed by atoms with Crippen LogP contribution in [0.3, 0.4) is 0 Å². The molecule has 1 amide bonds. The lowest BCUT2D eigenvalue weighted by Crippen LogP contribution is -2.29. The predicted octanol–water partition coefficient (Wildman–Crippen LogP) is 3.34. The van der Waals surface area contributed by atoms with Crippen molar-refractivity contribution in [3.8, 4) is 0 Å². The molecule has 6 nitrogen and oxygen atoms in total. The first-order chi connectivity index (χ1) is 12.1. The third kappa shape index (κ3) is 3.20. The first-order valence-electron chi connectivity index (χ1n) is 8.68. The third-order valence-corrected chi connectivity index (χ3v) is 5.49. The SMILES string of the molecule is CC(C)c1ccc2[nH]c3nc(SCC(=O)N4CCCC4)nnc3c2c1. The Morgan fingerprint density at radius 1 is 1.28 bits per heavy atom. The Morgan fingerprint density at radius 2 is 2.08 bits per heavy atom. The van der Waals surface area contributed by atoms with Crippen LogP contribution in [0.25, 0.3) is 22.1 Å². The molecule has 1 fully saturated rings. The van der Waals surface area contributed by atoms with Crippen LogP contribution in [0, 0.1) is 0 Å². The van der Waals surface area contributed by atoms with Gasteiger partial charge in [0, 0.05) is 24.0 Å². The van der Waals surface area contributed by atoms with Crippen molar-refractivity contribution in [2.24, 2.45) is 0 Å². The number of nitrogens with zero attached hydrogens (tertiary/aromatic N) is 4. The number of thioether (sulfide) groups is 1. The quantitative estimate of drug-likeness (QED) is 0.727. The van der Waals surface area contributed by atoms with Crippen molar-refractivity contribution in [1.29, 1.82) is 0 Å². The van der Waals surface area contributed by atoms with Crippen molar-refractivity contribution in [2.75, 3.05) is 18.8 Å². The lowest BCUT2D eigenvalue weighted by atomic mass is 10.0. The Labute approximate surface area is 150 Å². The molecule has 7 heteroatoms. The van der Waals surface area contributed by atoms with Crippen molar-refractivity contribution in [2.45, 2.75) is 37.8 Å². The van der Waals surface area contributed by atoms with Gasteiger partial charge in [0.1, 0.15) is 5.52 Å². The molecule has 3 aromatic rings. The number of carbonyl (C=O) groups excluding carboxylic acids is 1. The number of carbonyl (C=O) groups is 1. The maximum Gasteiger partial charge on any atom is 0.233 e. The zero-order valence-electron chi connectivity index (χ0n) is 14.5. The number of aromatic nitrogens is 4. The number of fused-ring (bicyclic) bond motifs is 3. The summed E-state index contributed by atoms with van der Waals surface area (Å²) in [5, 5.41) is 10.2. The second-order valence-corrected chi connectivity index (χ2v) is 7.70. The molecule has 1 aliphatic heterocycles. The van der Waals surface area contributed by atoms with Gasteiger partial charge in [0.2, 0.25) is 11.1 Å². The Balaban J connectivity index is 1.57. The van der Waals surface area contributed by atoms with Crippen LogP contribution in [0.2, 0.25) is 0 Å². The first kappa shape index (κ1) is 16.3. The Kier molecular flexibility index (Phi) is 4.33. The third-order valence-electron chi connectivity index (χ3n) is 4.67. The molecule has 130 valence electrons. The molecular formula is C18H21N5OS. The monoisotopic (exact) mass is 355 g/mol. The Morgan fingerprint density at radius 3 is 2.84 bits per heavy atom. The molecule has 0 saturated carbocycles. The Hall–Kier alpha value is -2.15. The summed E-state index contributed by atoms with van der Waals surface area (Å²) in [6.45, 7) is 6.09. The van der Waals surface area contributed by atoms with Gasteiger partial charge in [0.15, 0.2) is 5.65 Å². The minimum absolute atomic E-state index is 0.157. The summed E-state index contributed by atoms with van der Waals surface area (Å²) >= 11 is 1.35. The molecule has 1 aromatic carbocycles. The highest BCUT2D eigenvalue weighted by Gasteiger charge is 2.18. The van der Waals surface area contributed by atoms with Gasteiger partial charge in [0.25, 0.3) is 0 Å². The highest BCUT2D eigenvalue weighted by atomic mass is 32.2. The predicted molar refractivity (Wildman–Crippen MR) is 99.8 cm³/mol. The largest absolute Gasteiger partial charge is 0.342 e. The van der Waals surface area contributed by atoms with E-state index in [1.165, 1.54) is 17.3 Å². The molecule has 0 spiro atoms. The van der Waals surface area contributed by atoms with Gasteiger partial charge in [-0.3, -0.25) is 4.79 Å². The summed E-state index contributed by atoms with van der Waals surface area (Å²) in [5.74, 6) is 0.983. The van der Waals surface area contributed by atoms with E-state index < -0.39 is 0 Å². The van der Waals surface area contributed by atoms with Crippen LogP contribution in [-0.2, 0) is 4.79 Å². The van der Waals surface area contributed by atoms with E-state index in [0.717, 1.165) is 48.0 Å². The van der Waals surface area contributed by atoms with Crippen molar-refractivity contribution in [1.82, 2.24) is 25.1 Å². The number of aromatic amines is 1. The van der Waals surface area contributed by atoms with Crippen molar-refractivity contribution in [3.05, 3.63) is 23.8 Å². The molecule has 0 unspecified atom stereocenters. The standard InChI is InChI=1S/C18H21N5OS/c1-11(2)12-5-6-14-13(9-12)16-17(19-14)20-18(22-21-16)25-10-15(24)23-7-3-4-8-23/h5-6,9,11H,3-4,7-8,10H2,1-2H3,(H,19,20,22). The van der Waals surface area contributed by atoms with Crippen LogP contribution in [0.4, 0.5) is 0 Å². The highest BCUT2D eigenvalue weighted by Crippen LogP contribution is 2.27. The van der Waals surface area contributed by atoms with E-state index in [9.17, 15) is 4.79 Å². The summed E-state index contributed by atoms with van der Waals surface area (Å²) < 4.78 is 0. The van der Waals surface area contributed by atoms with E-state index in [-0.39, 0.29) is 5.91 Å². The van der Waals surface area contributed by atoms with E-state index in [0.29, 0.717) is 16.8 Å². The smallest absolute Gasteiger partial charge is 0.233 e. The maximum absolute atomic E-state index is 12.1. The average molecular weight is 355 g/mol. The molecule has 0 bridgehead atoms. The zero-order valence-corrected chi connectivity index (χ0v) is 15.3. The molecule has 0 atom stereocenters. The molecular weight excluding hydrogens is 334 g/mol. The van der Waals surface area contributed by atoms with Gasteiger partial charge in [-0.2, -0.15) is 0 Å². The molecule has 3 heterocycles. The normalized spacial score (nSPS) is 14.9. The lowest BCUT2D eigenvalue weighted by Gasteiger charge is -2.13. The van der Waals surface area contributed by atoms with Crippen molar-refractivity contribution < 1.29 is 4.79 Å². The topological polar surface area (TPSA) is 74.8 Å². The van der Waals surface area contributed by atoms with Gasteiger partial charge in [0.05, 0.1) is 5.75 Å². The lowest BCUT2D eigenvalue weighted by molar-refractivity contribution is -0.127. The van der Waals surface area contributed by atoms with E-state index in [1.807, 2.05) is 4.90 Å². The van der Waals surface area contributed by atoms with E-state index >= 15 is 0 Å². The number of amides is 1. The minimum Gasteiger partial charge on any atom is -0.342 e. The molecule has 2 aromatic heterocycles. The number of hydrogen-bond acceptors (Lipinski definition) is 5. The van der Waals surface area contributed by atoms with Gasteiger partial charge < -0.3 is 9.88 Å². The molecule has 1 aliphatic rings. The van der Waals surface area contributed by atoms with Crippen molar-refractivity contribution >= 4 is 39.7 Å². The number of rotatable bonds is 4. The van der Waals surface area contributed by atoms with Crippen LogP contribution < -0.4 is 0 Å². The second kappa shape index (κ2) is 6.63. The van der Waals surface area contributed by atoms with Crippen LogP contribution in [0.15, 0.2) is 23.4 Å². The van der Waals surface area contributed by atoms with Gasteiger partial charge in [-0.15, -0.1) is 10.2 Å². The average Bonchev–Trinajstić information content (AvgIpc) is 3.26. The summed E-state index contributed by atoms with van der Waals surface area (Å²) in [6.07, 6.45) is 2.21. The highest BCUT2D eigenvalue weighted by molar-refractivity contribution is 7.99. The van der Waals surface area contributed by atoms with Crippen LogP contribution in [0.5, 0.6) is 0 Å². The van der Waals surface area contributed by atoms with Crippen LogP contribution in [-0.4, -0.2) is 49.8 Å². The maximum atomic E-state index is 12.1. The summed E-state index contributed by atoms with van der Waals surface area (Å²) in [7, 11) is 0. The fourth-order valence-electron chi connectivity index (χ4n) is 3.18. The number of nitrogens with one attached hydrogen (secondary N) is 1. The molecule has 1 N–H and O–H groups in total. The molecule has 25 heavy (non-hydrogen) atoms. The van der Waals surface area contributed by atoms with Gasteiger partial charge in [-0.05, 0) is 36.5 Å². The van der Waals surface area contributed by atoms with Crippen LogP contribution >= 0.6 is 11.8 Å². The van der Waals surface area contributed by atoms with Crippen molar-refractivity contribution in [3.63, 3.8) is 0 Å². The number of benzene rings is 1. The van der Waals surface area contributed by atoms with E-state index in [4.69, 9.17) is 0 Å². The zero-order chi connectivity index (χ0) is 17.4. The fourth-order valence-corrected chi connectivity index (χ4v) is 3.87. The summed E-state index contributed by atoms with van der Waals surface area (Å²) in [5.41, 5.74) is 3.79. The molecule has 0 aliphatic carbocycles. The number of likely N-dealkylation sites (tertiary alicyclic amines) is 1. The van der Waals surface area contributed by atoms with Gasteiger partial charge in [-0.25, -0.2) is 4.98 Å². The fraction of sp³-hybridized carbons (Fsp3) is 0.444. The molecule has 4 rings (SSSR count). The first-order valence-corrected chi connectivity index (χ1v) is 9.67. The Bertz CT molecular complexity index is 930. The van der Waals surface area contributed by atoms with Crippen LogP contribution in [0.1, 0.15) is 38.2 Å². The number of H-pyrrole nitrogens is 1.